The van der Waals surface area contributed by atoms with E-state index in [9.17, 15) is 14.4 Å². The molecule has 3 aromatic rings. The fraction of sp³-hybridized carbons (Fsp3) is 0.296. The Morgan fingerprint density at radius 1 is 1.00 bits per heavy atom. The van der Waals surface area contributed by atoms with E-state index in [1.165, 1.54) is 10.8 Å². The van der Waals surface area contributed by atoms with Crippen molar-refractivity contribution < 1.29 is 9.59 Å². The van der Waals surface area contributed by atoms with Gasteiger partial charge in [-0.1, -0.05) is 60.7 Å². The molecule has 0 saturated carbocycles. The van der Waals surface area contributed by atoms with Gasteiger partial charge in [0.2, 0.25) is 5.91 Å². The van der Waals surface area contributed by atoms with Gasteiger partial charge in [-0.25, -0.2) is 0 Å². The molecule has 2 aromatic carbocycles. The average Bonchev–Trinajstić information content (AvgIpc) is 2.82. The zero-order chi connectivity index (χ0) is 24.2. The number of likely N-dealkylation sites (N-methyl/N-ethyl adjacent to an activating group) is 1. The fourth-order valence-corrected chi connectivity index (χ4v) is 4.10. The predicted molar refractivity (Wildman–Crippen MR) is 130 cm³/mol. The summed E-state index contributed by atoms with van der Waals surface area (Å²) in [7, 11) is 3.19. The van der Waals surface area contributed by atoms with Crippen molar-refractivity contribution in [2.45, 2.75) is 32.2 Å². The van der Waals surface area contributed by atoms with Crippen LogP contribution in [0.15, 0.2) is 77.7 Å². The van der Waals surface area contributed by atoms with Crippen molar-refractivity contribution in [1.29, 1.82) is 0 Å². The van der Waals surface area contributed by atoms with Crippen molar-refractivity contribution >= 4 is 11.8 Å². The lowest BCUT2D eigenvalue weighted by molar-refractivity contribution is -0.129. The molecule has 0 aliphatic heterocycles. The first kappa shape index (κ1) is 24.0. The van der Waals surface area contributed by atoms with E-state index in [2.05, 4.69) is 5.32 Å². The highest BCUT2D eigenvalue weighted by atomic mass is 16.2. The van der Waals surface area contributed by atoms with Gasteiger partial charge in [-0.2, -0.15) is 0 Å². The quantitative estimate of drug-likeness (QED) is 0.605. The number of benzene rings is 2. The largest absolute Gasteiger partial charge is 0.357 e. The second kappa shape index (κ2) is 9.86. The minimum Gasteiger partial charge on any atom is -0.357 e. The van der Waals surface area contributed by atoms with Gasteiger partial charge in [-0.05, 0) is 38.0 Å². The molecule has 0 aliphatic carbocycles. The van der Waals surface area contributed by atoms with Crippen LogP contribution in [0.25, 0.3) is 0 Å². The number of rotatable bonds is 7. The van der Waals surface area contributed by atoms with Crippen molar-refractivity contribution in [2.24, 2.45) is 7.05 Å². The summed E-state index contributed by atoms with van der Waals surface area (Å²) in [6.45, 7) is 5.45. The summed E-state index contributed by atoms with van der Waals surface area (Å²) in [4.78, 5) is 40.5. The smallest absolute Gasteiger partial charge is 0.256 e. The van der Waals surface area contributed by atoms with Gasteiger partial charge in [0.1, 0.15) is 5.54 Å². The van der Waals surface area contributed by atoms with E-state index >= 15 is 0 Å². The summed E-state index contributed by atoms with van der Waals surface area (Å²) in [5, 5.41) is 2.69. The zero-order valence-electron chi connectivity index (χ0n) is 19.8. The summed E-state index contributed by atoms with van der Waals surface area (Å²) < 4.78 is 1.40. The number of hydrogen-bond acceptors (Lipinski definition) is 3. The van der Waals surface area contributed by atoms with Crippen LogP contribution in [-0.4, -0.2) is 40.4 Å². The van der Waals surface area contributed by atoms with E-state index in [4.69, 9.17) is 0 Å². The first-order chi connectivity index (χ1) is 15.7. The second-order valence-corrected chi connectivity index (χ2v) is 8.76. The van der Waals surface area contributed by atoms with Crippen LogP contribution in [0.5, 0.6) is 0 Å². The highest BCUT2D eigenvalue weighted by molar-refractivity contribution is 5.99. The summed E-state index contributed by atoms with van der Waals surface area (Å²) in [6, 6.07) is 21.5. The van der Waals surface area contributed by atoms with Crippen molar-refractivity contribution in [2.75, 3.05) is 13.6 Å². The summed E-state index contributed by atoms with van der Waals surface area (Å²) in [6.07, 6.45) is 1.53. The third-order valence-electron chi connectivity index (χ3n) is 6.08. The summed E-state index contributed by atoms with van der Waals surface area (Å²) in [5.74, 6) is -0.717. The average molecular weight is 446 g/mol. The van der Waals surface area contributed by atoms with Crippen molar-refractivity contribution in [3.8, 4) is 0 Å². The van der Waals surface area contributed by atoms with Gasteiger partial charge in [-0.15, -0.1) is 0 Å². The highest BCUT2D eigenvalue weighted by Gasteiger charge is 2.39. The zero-order valence-corrected chi connectivity index (χ0v) is 19.8. The van der Waals surface area contributed by atoms with Crippen LogP contribution < -0.4 is 10.9 Å². The topological polar surface area (TPSA) is 71.4 Å². The molecule has 0 atom stereocenters. The Morgan fingerprint density at radius 3 is 1.97 bits per heavy atom. The molecule has 1 N–H and O–H groups in total. The highest BCUT2D eigenvalue weighted by Crippen LogP contribution is 2.30. The first-order valence-electron chi connectivity index (χ1n) is 11.0. The van der Waals surface area contributed by atoms with E-state index in [1.807, 2.05) is 60.7 Å². The van der Waals surface area contributed by atoms with Gasteiger partial charge in [0.05, 0.1) is 5.56 Å². The van der Waals surface area contributed by atoms with Crippen LogP contribution in [-0.2, 0) is 11.8 Å². The Hall–Kier alpha value is -3.67. The number of aryl methyl sites for hydroxylation is 2. The lowest BCUT2D eigenvalue weighted by Crippen LogP contribution is -2.57. The molecule has 0 spiro atoms. The first-order valence-corrected chi connectivity index (χ1v) is 11.0. The number of nitrogens with zero attached hydrogens (tertiary/aromatic N) is 2. The number of carbonyl (C=O) groups excluding carboxylic acids is 2. The minimum atomic E-state index is -1.13. The molecular weight excluding hydrogens is 414 g/mol. The van der Waals surface area contributed by atoms with Crippen molar-refractivity contribution in [1.82, 2.24) is 14.8 Å². The van der Waals surface area contributed by atoms with Crippen LogP contribution in [0.2, 0.25) is 0 Å². The number of aromatic nitrogens is 1. The fourth-order valence-electron chi connectivity index (χ4n) is 4.10. The Bertz CT molecular complexity index is 1120. The number of nitrogens with one attached hydrogen (secondary N) is 1. The molecule has 0 bridgehead atoms. The summed E-state index contributed by atoms with van der Waals surface area (Å²) >= 11 is 0. The molecule has 2 amide bonds. The van der Waals surface area contributed by atoms with Gasteiger partial charge in [0, 0.05) is 38.3 Å². The van der Waals surface area contributed by atoms with Gasteiger partial charge >= 0.3 is 0 Å². The van der Waals surface area contributed by atoms with E-state index in [0.717, 1.165) is 11.1 Å². The SMILES string of the molecule is CNC(=O)C(C)(C)N(CC(c1ccccc1)c1ccccc1)C(=O)c1cc(C)c(=O)n(C)c1. The van der Waals surface area contributed by atoms with Gasteiger partial charge in [0.25, 0.3) is 11.5 Å². The molecule has 6 nitrogen and oxygen atoms in total. The molecular formula is C27H31N3O3. The number of amides is 2. The lowest BCUT2D eigenvalue weighted by Gasteiger charge is -2.39. The molecule has 3 rings (SSSR count). The maximum absolute atomic E-state index is 13.9. The molecule has 1 aromatic heterocycles. The van der Waals surface area contributed by atoms with Crippen molar-refractivity contribution in [3.63, 3.8) is 0 Å². The van der Waals surface area contributed by atoms with Crippen LogP contribution in [0, 0.1) is 6.92 Å². The van der Waals surface area contributed by atoms with Crippen LogP contribution in [0.1, 0.15) is 46.8 Å². The normalized spacial score (nSPS) is 11.3. The third-order valence-corrected chi connectivity index (χ3v) is 6.08. The number of pyridine rings is 1. The molecule has 0 radical (unpaired) electrons. The second-order valence-electron chi connectivity index (χ2n) is 8.76. The van der Waals surface area contributed by atoms with E-state index in [-0.39, 0.29) is 29.8 Å². The Balaban J connectivity index is 2.13. The van der Waals surface area contributed by atoms with Crippen molar-refractivity contribution in [3.05, 3.63) is 106 Å². The Labute approximate surface area is 194 Å². The maximum Gasteiger partial charge on any atom is 0.256 e. The van der Waals surface area contributed by atoms with Crippen LogP contribution in [0.4, 0.5) is 0 Å². The molecule has 172 valence electrons. The third kappa shape index (κ3) is 5.06. The van der Waals surface area contributed by atoms with E-state index in [1.54, 1.807) is 45.8 Å². The number of hydrogen-bond donors (Lipinski definition) is 1. The maximum atomic E-state index is 13.9. The molecule has 0 fully saturated rings. The van der Waals surface area contributed by atoms with Gasteiger partial charge in [-0.3, -0.25) is 14.4 Å². The van der Waals surface area contributed by atoms with Crippen LogP contribution >= 0.6 is 0 Å². The summed E-state index contributed by atoms with van der Waals surface area (Å²) in [5.41, 5.74) is 1.65. The van der Waals surface area contributed by atoms with E-state index in [0.29, 0.717) is 11.1 Å². The molecule has 33 heavy (non-hydrogen) atoms. The molecule has 1 heterocycles. The molecule has 6 heteroatoms. The van der Waals surface area contributed by atoms with Gasteiger partial charge < -0.3 is 14.8 Å². The number of carbonyl (C=O) groups is 2. The predicted octanol–water partition coefficient (Wildman–Crippen LogP) is 3.49. The van der Waals surface area contributed by atoms with E-state index < -0.39 is 5.54 Å². The monoisotopic (exact) mass is 445 g/mol. The standard InChI is InChI=1S/C27H31N3O3/c1-19-16-22(17-29(5)24(19)31)25(32)30(27(2,3)26(33)28-4)18-23(20-12-8-6-9-13-20)21-14-10-7-11-15-21/h6-17,23H,18H2,1-5H3,(H,28,33). The molecule has 0 unspecified atom stereocenters. The minimum absolute atomic E-state index is 0.145. The Kier molecular flexibility index (Phi) is 7.16. The van der Waals surface area contributed by atoms with Gasteiger partial charge in [0.15, 0.2) is 0 Å². The Morgan fingerprint density at radius 2 is 1.52 bits per heavy atom. The molecule has 0 aliphatic rings. The van der Waals surface area contributed by atoms with Crippen LogP contribution in [0.3, 0.4) is 0 Å². The lowest BCUT2D eigenvalue weighted by atomic mass is 9.88. The molecule has 0 saturated heterocycles.